The van der Waals surface area contributed by atoms with Crippen LogP contribution in [0.25, 0.3) is 0 Å². The predicted octanol–water partition coefficient (Wildman–Crippen LogP) is 1.22. The molecule has 0 aromatic carbocycles. The first-order valence-corrected chi connectivity index (χ1v) is 4.53. The lowest BCUT2D eigenvalue weighted by Crippen LogP contribution is -1.60. The van der Waals surface area contributed by atoms with Gasteiger partial charge in [-0.2, -0.15) is 0 Å². The monoisotopic (exact) mass is 174 g/mol. The van der Waals surface area contributed by atoms with Crippen molar-refractivity contribution >= 4 is 0 Å². The summed E-state index contributed by atoms with van der Waals surface area (Å²) in [5, 5.41) is 0. The Kier molecular flexibility index (Phi) is 3.98. The van der Waals surface area contributed by atoms with Crippen molar-refractivity contribution in [2.75, 3.05) is 19.8 Å². The fourth-order valence-corrected chi connectivity index (χ4v) is 0.289. The Hall–Kier alpha value is -0.120. The van der Waals surface area contributed by atoms with E-state index in [1.807, 2.05) is 0 Å². The van der Waals surface area contributed by atoms with E-state index in [0.29, 0.717) is 18.3 Å². The lowest BCUT2D eigenvalue weighted by molar-refractivity contribution is 0.423. The summed E-state index contributed by atoms with van der Waals surface area (Å²) in [5.41, 5.74) is 0. The molecule has 0 aromatic rings. The Morgan fingerprint density at radius 3 is 0.750 bits per heavy atom. The first-order chi connectivity index (χ1) is 5.68. The van der Waals surface area contributed by atoms with Crippen molar-refractivity contribution in [3.63, 3.8) is 0 Å². The summed E-state index contributed by atoms with van der Waals surface area (Å²) in [7, 11) is 0. The molecule has 0 radical (unpaired) electrons. The molecule has 3 unspecified atom stereocenters. The summed E-state index contributed by atoms with van der Waals surface area (Å²) in [6.45, 7) is 9.12. The second-order valence-corrected chi connectivity index (χ2v) is 3.43. The largest absolute Gasteiger partial charge is 0.373 e. The van der Waals surface area contributed by atoms with Crippen LogP contribution in [0.2, 0.25) is 0 Å². The summed E-state index contributed by atoms with van der Waals surface area (Å²) in [5.74, 6) is 0. The molecule has 0 saturated carbocycles. The first kappa shape index (κ1) is 9.96. The van der Waals surface area contributed by atoms with E-state index in [1.54, 1.807) is 0 Å². The van der Waals surface area contributed by atoms with Crippen molar-refractivity contribution < 1.29 is 14.2 Å². The maximum absolute atomic E-state index is 4.71. The van der Waals surface area contributed by atoms with Gasteiger partial charge in [-0.15, -0.1) is 0 Å². The SMILES string of the molecule is CC1CO1.CC1CO1.CC1CO1. The third kappa shape index (κ3) is 9.88. The molecule has 3 heterocycles. The fraction of sp³-hybridized carbons (Fsp3) is 1.00. The Balaban J connectivity index is 0.0000000900. The Morgan fingerprint density at radius 1 is 0.667 bits per heavy atom. The second-order valence-electron chi connectivity index (χ2n) is 3.43. The van der Waals surface area contributed by atoms with Gasteiger partial charge >= 0.3 is 0 Å². The van der Waals surface area contributed by atoms with Crippen LogP contribution in [0.1, 0.15) is 20.8 Å². The number of epoxide rings is 3. The molecule has 72 valence electrons. The van der Waals surface area contributed by atoms with E-state index >= 15 is 0 Å². The molecule has 3 aliphatic rings. The Labute approximate surface area is 74.0 Å². The lowest BCUT2D eigenvalue weighted by atomic mass is 10.6. The third-order valence-corrected chi connectivity index (χ3v) is 1.50. The molecule has 3 aliphatic heterocycles. The first-order valence-electron chi connectivity index (χ1n) is 4.53. The minimum absolute atomic E-state index is 0.583. The van der Waals surface area contributed by atoms with Crippen molar-refractivity contribution in [3.05, 3.63) is 0 Å². The van der Waals surface area contributed by atoms with Crippen LogP contribution in [0, 0.1) is 0 Å². The van der Waals surface area contributed by atoms with E-state index in [-0.39, 0.29) is 0 Å². The van der Waals surface area contributed by atoms with Gasteiger partial charge in [0.25, 0.3) is 0 Å². The minimum Gasteiger partial charge on any atom is -0.373 e. The molecule has 3 fully saturated rings. The van der Waals surface area contributed by atoms with Gasteiger partial charge in [-0.3, -0.25) is 0 Å². The molecule has 3 heteroatoms. The zero-order chi connectivity index (χ0) is 8.97. The van der Waals surface area contributed by atoms with E-state index in [4.69, 9.17) is 14.2 Å². The normalized spacial score (nSPS) is 39.8. The average molecular weight is 174 g/mol. The van der Waals surface area contributed by atoms with Crippen molar-refractivity contribution in [2.45, 2.75) is 39.1 Å². The van der Waals surface area contributed by atoms with Crippen molar-refractivity contribution in [1.29, 1.82) is 0 Å². The number of hydrogen-bond acceptors (Lipinski definition) is 3. The molecule has 3 nitrogen and oxygen atoms in total. The average Bonchev–Trinajstić information content (AvgIpc) is 2.63. The second kappa shape index (κ2) is 4.80. The molecule has 0 spiro atoms. The van der Waals surface area contributed by atoms with Gasteiger partial charge in [-0.1, -0.05) is 0 Å². The zero-order valence-corrected chi connectivity index (χ0v) is 8.08. The molecule has 0 aromatic heterocycles. The van der Waals surface area contributed by atoms with Crippen LogP contribution in [-0.2, 0) is 14.2 Å². The van der Waals surface area contributed by atoms with E-state index in [9.17, 15) is 0 Å². The van der Waals surface area contributed by atoms with Gasteiger partial charge in [0.15, 0.2) is 0 Å². The van der Waals surface area contributed by atoms with Gasteiger partial charge in [0.05, 0.1) is 38.1 Å². The maximum Gasteiger partial charge on any atom is 0.0781 e. The molecule has 3 saturated heterocycles. The van der Waals surface area contributed by atoms with Crippen molar-refractivity contribution in [3.8, 4) is 0 Å². The van der Waals surface area contributed by atoms with E-state index in [0.717, 1.165) is 19.8 Å². The van der Waals surface area contributed by atoms with Crippen LogP contribution in [0.3, 0.4) is 0 Å². The summed E-state index contributed by atoms with van der Waals surface area (Å²) in [6, 6.07) is 0. The smallest absolute Gasteiger partial charge is 0.0781 e. The Bertz CT molecular complexity index is 91.2. The van der Waals surface area contributed by atoms with Crippen LogP contribution in [-0.4, -0.2) is 38.1 Å². The van der Waals surface area contributed by atoms with E-state index in [2.05, 4.69) is 20.8 Å². The van der Waals surface area contributed by atoms with Crippen LogP contribution in [0.15, 0.2) is 0 Å². The Morgan fingerprint density at radius 2 is 0.750 bits per heavy atom. The molecule has 12 heavy (non-hydrogen) atoms. The quantitative estimate of drug-likeness (QED) is 0.518. The topological polar surface area (TPSA) is 37.6 Å². The molecular formula is C9H18O3. The number of ether oxygens (including phenoxy) is 3. The van der Waals surface area contributed by atoms with Crippen LogP contribution < -0.4 is 0 Å². The van der Waals surface area contributed by atoms with Gasteiger partial charge < -0.3 is 14.2 Å². The summed E-state index contributed by atoms with van der Waals surface area (Å²) >= 11 is 0. The molecule has 0 aliphatic carbocycles. The number of rotatable bonds is 0. The maximum atomic E-state index is 4.71. The highest BCUT2D eigenvalue weighted by atomic mass is 16.6. The summed E-state index contributed by atoms with van der Waals surface area (Å²) in [6.07, 6.45) is 1.75. The molecule has 0 amide bonds. The third-order valence-electron chi connectivity index (χ3n) is 1.50. The van der Waals surface area contributed by atoms with Crippen LogP contribution >= 0.6 is 0 Å². The van der Waals surface area contributed by atoms with Gasteiger partial charge in [0.1, 0.15) is 0 Å². The predicted molar refractivity (Wildman–Crippen MR) is 46.2 cm³/mol. The molecule has 3 rings (SSSR count). The highest BCUT2D eigenvalue weighted by Crippen LogP contribution is 2.04. The lowest BCUT2D eigenvalue weighted by Gasteiger charge is -1.51. The molecule has 0 bridgehead atoms. The fourth-order valence-electron chi connectivity index (χ4n) is 0.289. The van der Waals surface area contributed by atoms with Gasteiger partial charge in [-0.05, 0) is 20.8 Å². The van der Waals surface area contributed by atoms with Crippen LogP contribution in [0.5, 0.6) is 0 Å². The summed E-state index contributed by atoms with van der Waals surface area (Å²) in [4.78, 5) is 0. The van der Waals surface area contributed by atoms with E-state index < -0.39 is 0 Å². The highest BCUT2D eigenvalue weighted by Gasteiger charge is 2.13. The van der Waals surface area contributed by atoms with Crippen molar-refractivity contribution in [2.24, 2.45) is 0 Å². The minimum atomic E-state index is 0.583. The van der Waals surface area contributed by atoms with Gasteiger partial charge in [0, 0.05) is 0 Å². The summed E-state index contributed by atoms with van der Waals surface area (Å²) < 4.78 is 14.1. The van der Waals surface area contributed by atoms with Crippen LogP contribution in [0.4, 0.5) is 0 Å². The van der Waals surface area contributed by atoms with Gasteiger partial charge in [0.2, 0.25) is 0 Å². The van der Waals surface area contributed by atoms with E-state index in [1.165, 1.54) is 0 Å². The zero-order valence-electron chi connectivity index (χ0n) is 8.08. The van der Waals surface area contributed by atoms with Gasteiger partial charge in [-0.25, -0.2) is 0 Å². The standard InChI is InChI=1S/3C3H6O/c3*1-3-2-4-3/h3*3H,2H2,1H3. The number of hydrogen-bond donors (Lipinski definition) is 0. The molecular weight excluding hydrogens is 156 g/mol. The molecule has 3 atom stereocenters. The highest BCUT2D eigenvalue weighted by molar-refractivity contribution is 4.58. The molecule has 0 N–H and O–H groups in total. The van der Waals surface area contributed by atoms with Crippen molar-refractivity contribution in [1.82, 2.24) is 0 Å².